The molecule has 112 valence electrons. The molecule has 1 fully saturated rings. The molecular formula is C14H20F3N3. The van der Waals surface area contributed by atoms with E-state index in [4.69, 9.17) is 0 Å². The Morgan fingerprint density at radius 1 is 1.15 bits per heavy atom. The lowest BCUT2D eigenvalue weighted by molar-refractivity contribution is -0.141. The second-order valence-electron chi connectivity index (χ2n) is 6.37. The van der Waals surface area contributed by atoms with Crippen LogP contribution in [-0.2, 0) is 6.18 Å². The molecule has 0 N–H and O–H groups in total. The number of nitrogens with zero attached hydrogens (tertiary/aromatic N) is 3. The van der Waals surface area contributed by atoms with Crippen LogP contribution in [0.25, 0.3) is 0 Å². The third-order valence-corrected chi connectivity index (χ3v) is 3.94. The molecule has 0 saturated carbocycles. The Labute approximate surface area is 117 Å². The predicted octanol–water partition coefficient (Wildman–Crippen LogP) is 3.76. The maximum Gasteiger partial charge on any atom is 0.433 e. The first-order valence-electron chi connectivity index (χ1n) is 6.83. The van der Waals surface area contributed by atoms with Gasteiger partial charge in [0.05, 0.1) is 0 Å². The fourth-order valence-corrected chi connectivity index (χ4v) is 2.60. The van der Waals surface area contributed by atoms with Crippen molar-refractivity contribution in [1.29, 1.82) is 0 Å². The van der Waals surface area contributed by atoms with Crippen LogP contribution in [0.3, 0.4) is 0 Å². The summed E-state index contributed by atoms with van der Waals surface area (Å²) in [6.45, 7) is 8.03. The van der Waals surface area contributed by atoms with Crippen molar-refractivity contribution in [2.75, 3.05) is 18.0 Å². The molecule has 0 aromatic carbocycles. The zero-order valence-corrected chi connectivity index (χ0v) is 12.0. The Balaban J connectivity index is 2.08. The molecule has 3 nitrogen and oxygen atoms in total. The fourth-order valence-electron chi connectivity index (χ4n) is 2.60. The van der Waals surface area contributed by atoms with Crippen LogP contribution < -0.4 is 4.90 Å². The highest BCUT2D eigenvalue weighted by molar-refractivity contribution is 5.31. The maximum absolute atomic E-state index is 12.6. The van der Waals surface area contributed by atoms with Crippen LogP contribution in [0, 0.1) is 11.3 Å². The third kappa shape index (κ3) is 3.41. The van der Waals surface area contributed by atoms with Gasteiger partial charge in [-0.25, -0.2) is 9.97 Å². The van der Waals surface area contributed by atoms with Crippen molar-refractivity contribution < 1.29 is 13.2 Å². The molecule has 0 bridgehead atoms. The van der Waals surface area contributed by atoms with Crippen LogP contribution in [0.1, 0.15) is 39.3 Å². The molecule has 6 heteroatoms. The summed E-state index contributed by atoms with van der Waals surface area (Å²) in [4.78, 5) is 9.47. The Kier molecular flexibility index (Phi) is 3.93. The first-order chi connectivity index (χ1) is 9.18. The first-order valence-corrected chi connectivity index (χ1v) is 6.83. The van der Waals surface area contributed by atoms with Gasteiger partial charge in [0.15, 0.2) is 0 Å². The van der Waals surface area contributed by atoms with E-state index in [1.54, 1.807) is 0 Å². The van der Waals surface area contributed by atoms with Gasteiger partial charge in [-0.3, -0.25) is 0 Å². The summed E-state index contributed by atoms with van der Waals surface area (Å²) in [5.41, 5.74) is -0.638. The number of hydrogen-bond acceptors (Lipinski definition) is 3. The van der Waals surface area contributed by atoms with Gasteiger partial charge < -0.3 is 4.90 Å². The molecule has 1 aliphatic rings. The van der Waals surface area contributed by atoms with E-state index in [9.17, 15) is 13.2 Å². The van der Waals surface area contributed by atoms with Crippen molar-refractivity contribution in [1.82, 2.24) is 9.97 Å². The lowest BCUT2D eigenvalue weighted by atomic mass is 9.75. The molecule has 0 spiro atoms. The Morgan fingerprint density at radius 3 is 2.25 bits per heavy atom. The lowest BCUT2D eigenvalue weighted by Gasteiger charge is -2.38. The molecule has 1 aromatic heterocycles. The second-order valence-corrected chi connectivity index (χ2v) is 6.37. The van der Waals surface area contributed by atoms with Gasteiger partial charge in [-0.05, 0) is 30.2 Å². The number of hydrogen-bond donors (Lipinski definition) is 0. The van der Waals surface area contributed by atoms with E-state index in [1.807, 2.05) is 4.90 Å². The van der Waals surface area contributed by atoms with Gasteiger partial charge in [-0.15, -0.1) is 0 Å². The van der Waals surface area contributed by atoms with Crippen LogP contribution in [0.2, 0.25) is 0 Å². The molecule has 20 heavy (non-hydrogen) atoms. The van der Waals surface area contributed by atoms with E-state index in [0.29, 0.717) is 19.0 Å². The molecule has 1 aromatic rings. The van der Waals surface area contributed by atoms with Crippen LogP contribution in [0.5, 0.6) is 0 Å². The highest BCUT2D eigenvalue weighted by Crippen LogP contribution is 2.35. The summed E-state index contributed by atoms with van der Waals surface area (Å²) < 4.78 is 37.9. The second kappa shape index (κ2) is 5.22. The zero-order chi connectivity index (χ0) is 15.0. The Hall–Kier alpha value is -1.33. The van der Waals surface area contributed by atoms with Crippen LogP contribution in [0.15, 0.2) is 12.3 Å². The standard InChI is InChI=1S/C14H20F3N3/c1-13(2,3)10-5-8-20(9-6-10)12-18-7-4-11(19-12)14(15,16)17/h4,7,10H,5-6,8-9H2,1-3H3. The minimum Gasteiger partial charge on any atom is -0.341 e. The third-order valence-electron chi connectivity index (χ3n) is 3.94. The average molecular weight is 287 g/mol. The number of piperidine rings is 1. The molecule has 2 rings (SSSR count). The van der Waals surface area contributed by atoms with Gasteiger partial charge in [0.1, 0.15) is 5.69 Å². The molecule has 2 heterocycles. The minimum absolute atomic E-state index is 0.187. The molecular weight excluding hydrogens is 267 g/mol. The molecule has 1 saturated heterocycles. The van der Waals surface area contributed by atoms with Gasteiger partial charge >= 0.3 is 6.18 Å². The van der Waals surface area contributed by atoms with Gasteiger partial charge in [-0.1, -0.05) is 20.8 Å². The molecule has 0 atom stereocenters. The van der Waals surface area contributed by atoms with Crippen molar-refractivity contribution in [3.05, 3.63) is 18.0 Å². The van der Waals surface area contributed by atoms with E-state index >= 15 is 0 Å². The minimum atomic E-state index is -4.42. The summed E-state index contributed by atoms with van der Waals surface area (Å²) in [6, 6.07) is 0.908. The lowest BCUT2D eigenvalue weighted by Crippen LogP contribution is -2.39. The summed E-state index contributed by atoms with van der Waals surface area (Å²) >= 11 is 0. The van der Waals surface area contributed by atoms with Crippen molar-refractivity contribution in [2.45, 2.75) is 39.8 Å². The smallest absolute Gasteiger partial charge is 0.341 e. The van der Waals surface area contributed by atoms with Gasteiger partial charge in [0.2, 0.25) is 5.95 Å². The normalized spacial score (nSPS) is 18.4. The number of rotatable bonds is 1. The van der Waals surface area contributed by atoms with Crippen molar-refractivity contribution >= 4 is 5.95 Å². The summed E-state index contributed by atoms with van der Waals surface area (Å²) in [7, 11) is 0. The zero-order valence-electron chi connectivity index (χ0n) is 12.0. The van der Waals surface area contributed by atoms with Crippen molar-refractivity contribution in [3.8, 4) is 0 Å². The number of halogens is 3. The molecule has 0 unspecified atom stereocenters. The highest BCUT2D eigenvalue weighted by atomic mass is 19.4. The Morgan fingerprint density at radius 2 is 1.75 bits per heavy atom. The molecule has 1 aliphatic heterocycles. The van der Waals surface area contributed by atoms with Crippen LogP contribution in [-0.4, -0.2) is 23.1 Å². The first kappa shape index (κ1) is 15.1. The fraction of sp³-hybridized carbons (Fsp3) is 0.714. The SMILES string of the molecule is CC(C)(C)C1CCN(c2nccc(C(F)(F)F)n2)CC1. The van der Waals surface area contributed by atoms with Crippen LogP contribution >= 0.6 is 0 Å². The summed E-state index contributed by atoms with van der Waals surface area (Å²) in [5.74, 6) is 0.775. The van der Waals surface area contributed by atoms with Gasteiger partial charge in [-0.2, -0.15) is 13.2 Å². The van der Waals surface area contributed by atoms with E-state index in [-0.39, 0.29) is 11.4 Å². The number of anilines is 1. The summed E-state index contributed by atoms with van der Waals surface area (Å²) in [5, 5.41) is 0. The molecule has 0 aliphatic carbocycles. The van der Waals surface area contributed by atoms with Crippen LogP contribution in [0.4, 0.5) is 19.1 Å². The quantitative estimate of drug-likeness (QED) is 0.787. The predicted molar refractivity (Wildman–Crippen MR) is 71.4 cm³/mol. The summed E-state index contributed by atoms with van der Waals surface area (Å²) in [6.07, 6.45) is -1.31. The topological polar surface area (TPSA) is 29.0 Å². The van der Waals surface area contributed by atoms with E-state index in [0.717, 1.165) is 18.9 Å². The van der Waals surface area contributed by atoms with Gasteiger partial charge in [0.25, 0.3) is 0 Å². The number of alkyl halides is 3. The average Bonchev–Trinajstić information content (AvgIpc) is 2.37. The number of aromatic nitrogens is 2. The van der Waals surface area contributed by atoms with Gasteiger partial charge in [0, 0.05) is 19.3 Å². The van der Waals surface area contributed by atoms with E-state index in [1.165, 1.54) is 6.20 Å². The maximum atomic E-state index is 12.6. The van der Waals surface area contributed by atoms with Crippen molar-refractivity contribution in [2.24, 2.45) is 11.3 Å². The van der Waals surface area contributed by atoms with E-state index < -0.39 is 11.9 Å². The van der Waals surface area contributed by atoms with E-state index in [2.05, 4.69) is 30.7 Å². The van der Waals surface area contributed by atoms with Crippen molar-refractivity contribution in [3.63, 3.8) is 0 Å². The molecule has 0 radical (unpaired) electrons. The monoisotopic (exact) mass is 287 g/mol. The highest BCUT2D eigenvalue weighted by Gasteiger charge is 2.34. The largest absolute Gasteiger partial charge is 0.433 e. The molecule has 0 amide bonds. The Bertz CT molecular complexity index is 457.